The molecule has 0 bridgehead atoms. The van der Waals surface area contributed by atoms with Crippen molar-refractivity contribution in [2.75, 3.05) is 0 Å². The van der Waals surface area contributed by atoms with E-state index in [1.54, 1.807) is 0 Å². The zero-order chi connectivity index (χ0) is 21.0. The molecule has 0 N–H and O–H groups in total. The first kappa shape index (κ1) is 21.6. The molecule has 164 valence electrons. The van der Waals surface area contributed by atoms with Crippen LogP contribution in [0.2, 0.25) is 0 Å². The molecule has 2 nitrogen and oxygen atoms in total. The predicted octanol–water partition coefficient (Wildman–Crippen LogP) is 8.02. The van der Waals surface area contributed by atoms with Crippen LogP contribution in [-0.2, 0) is 0 Å². The molecule has 4 saturated carbocycles. The van der Waals surface area contributed by atoms with Gasteiger partial charge in [0.1, 0.15) is 0 Å². The van der Waals surface area contributed by atoms with E-state index in [-0.39, 0.29) is 11.5 Å². The second kappa shape index (κ2) is 7.79. The fourth-order valence-corrected chi connectivity index (χ4v) is 9.23. The minimum atomic E-state index is 0.0310. The van der Waals surface area contributed by atoms with Crippen molar-refractivity contribution in [3.05, 3.63) is 17.1 Å². The van der Waals surface area contributed by atoms with Crippen LogP contribution in [0.4, 0.5) is 0 Å². The van der Waals surface area contributed by atoms with Crippen molar-refractivity contribution in [3.63, 3.8) is 0 Å². The summed E-state index contributed by atoms with van der Waals surface area (Å²) in [5.74, 6) is 5.40. The molecule has 4 aliphatic rings. The van der Waals surface area contributed by atoms with Gasteiger partial charge in [0.05, 0.1) is 6.04 Å². The van der Waals surface area contributed by atoms with Gasteiger partial charge < -0.3 is 0 Å². The molecule has 4 aliphatic carbocycles. The van der Waals surface area contributed by atoms with Crippen LogP contribution in [0.15, 0.2) is 17.3 Å². The van der Waals surface area contributed by atoms with E-state index in [0.717, 1.165) is 42.4 Å². The van der Waals surface area contributed by atoms with Crippen molar-refractivity contribution in [1.29, 1.82) is 0 Å². The van der Waals surface area contributed by atoms with Crippen LogP contribution in [0, 0.1) is 57.2 Å². The van der Waals surface area contributed by atoms with Gasteiger partial charge in [-0.05, 0) is 117 Å². The van der Waals surface area contributed by atoms with E-state index in [1.807, 2.05) is 0 Å². The SMILES string of the molecule is C=C(C)CC[C@H](C)C1CC[C@H]2[C@H]3CC[C@H]4C[C@@H](C)CC[C@@]4(C)[C@H]3C[C@@H](N=O)[C@]12C. The highest BCUT2D eigenvalue weighted by atomic mass is 16.3. The molecule has 0 amide bonds. The summed E-state index contributed by atoms with van der Waals surface area (Å²) in [6, 6.07) is 0.0310. The van der Waals surface area contributed by atoms with Gasteiger partial charge in [0.25, 0.3) is 0 Å². The molecule has 10 atom stereocenters. The summed E-state index contributed by atoms with van der Waals surface area (Å²) in [6.45, 7) is 16.2. The Morgan fingerprint density at radius 1 is 1.10 bits per heavy atom. The van der Waals surface area contributed by atoms with Gasteiger partial charge in [-0.2, -0.15) is 4.91 Å². The number of rotatable bonds is 5. The minimum Gasteiger partial charge on any atom is -0.150 e. The molecule has 0 saturated heterocycles. The van der Waals surface area contributed by atoms with Crippen LogP contribution in [0.1, 0.15) is 98.8 Å². The third-order valence-electron chi connectivity index (χ3n) is 10.9. The first-order chi connectivity index (χ1) is 13.7. The minimum absolute atomic E-state index is 0.0310. The Balaban J connectivity index is 1.60. The van der Waals surface area contributed by atoms with E-state index in [9.17, 15) is 4.91 Å². The smallest absolute Gasteiger partial charge is 0.0981 e. The van der Waals surface area contributed by atoms with Gasteiger partial charge in [-0.25, -0.2) is 0 Å². The molecule has 0 radical (unpaired) electrons. The highest BCUT2D eigenvalue weighted by Gasteiger charge is 2.64. The van der Waals surface area contributed by atoms with Gasteiger partial charge in [0.2, 0.25) is 0 Å². The number of hydrogen-bond acceptors (Lipinski definition) is 2. The molecule has 0 spiro atoms. The van der Waals surface area contributed by atoms with Gasteiger partial charge in [-0.1, -0.05) is 44.9 Å². The molecule has 29 heavy (non-hydrogen) atoms. The second-order valence-electron chi connectivity index (χ2n) is 12.4. The van der Waals surface area contributed by atoms with E-state index in [1.165, 1.54) is 56.9 Å². The van der Waals surface area contributed by atoms with E-state index in [0.29, 0.717) is 17.3 Å². The molecule has 0 aliphatic heterocycles. The van der Waals surface area contributed by atoms with E-state index < -0.39 is 0 Å². The highest BCUT2D eigenvalue weighted by molar-refractivity contribution is 5.14. The average Bonchev–Trinajstić information content (AvgIpc) is 3.04. The van der Waals surface area contributed by atoms with E-state index >= 15 is 0 Å². The van der Waals surface area contributed by atoms with Crippen LogP contribution in [0.5, 0.6) is 0 Å². The first-order valence-corrected chi connectivity index (χ1v) is 12.7. The zero-order valence-electron chi connectivity index (χ0n) is 19.8. The second-order valence-corrected chi connectivity index (χ2v) is 12.4. The Bertz CT molecular complexity index is 642. The van der Waals surface area contributed by atoms with Crippen molar-refractivity contribution < 1.29 is 0 Å². The lowest BCUT2D eigenvalue weighted by Crippen LogP contribution is -2.58. The summed E-state index contributed by atoms with van der Waals surface area (Å²) >= 11 is 0. The number of nitrogens with zero attached hydrogens (tertiary/aromatic N) is 1. The average molecular weight is 400 g/mol. The maximum absolute atomic E-state index is 12.3. The topological polar surface area (TPSA) is 29.4 Å². The molecule has 2 heteroatoms. The van der Waals surface area contributed by atoms with Crippen molar-refractivity contribution in [3.8, 4) is 0 Å². The highest BCUT2D eigenvalue weighted by Crippen LogP contribution is 2.69. The molecule has 4 rings (SSSR count). The fraction of sp³-hybridized carbons (Fsp3) is 0.926. The normalized spacial score (nSPS) is 50.2. The quantitative estimate of drug-likeness (QED) is 0.340. The van der Waals surface area contributed by atoms with Crippen LogP contribution in [-0.4, -0.2) is 6.04 Å². The number of fused-ring (bicyclic) bond motifs is 5. The van der Waals surface area contributed by atoms with Crippen LogP contribution in [0.3, 0.4) is 0 Å². The number of nitroso groups, excluding NO2 is 1. The molecular formula is C27H45NO. The Labute approximate surface area is 179 Å². The molecule has 0 heterocycles. The lowest BCUT2D eigenvalue weighted by atomic mass is 9.43. The summed E-state index contributed by atoms with van der Waals surface area (Å²) in [5.41, 5.74) is 1.88. The summed E-state index contributed by atoms with van der Waals surface area (Å²) in [4.78, 5) is 12.3. The Hall–Kier alpha value is -0.660. The third-order valence-corrected chi connectivity index (χ3v) is 10.9. The van der Waals surface area contributed by atoms with Gasteiger partial charge in [0, 0.05) is 0 Å². The Morgan fingerprint density at radius 3 is 2.55 bits per heavy atom. The van der Waals surface area contributed by atoms with Gasteiger partial charge in [-0.15, -0.1) is 6.58 Å². The monoisotopic (exact) mass is 399 g/mol. The predicted molar refractivity (Wildman–Crippen MR) is 123 cm³/mol. The summed E-state index contributed by atoms with van der Waals surface area (Å²) < 4.78 is 0. The van der Waals surface area contributed by atoms with Crippen LogP contribution < -0.4 is 0 Å². The van der Waals surface area contributed by atoms with Gasteiger partial charge >= 0.3 is 0 Å². The van der Waals surface area contributed by atoms with Crippen molar-refractivity contribution in [2.45, 2.75) is 105 Å². The summed E-state index contributed by atoms with van der Waals surface area (Å²) in [5, 5.41) is 3.90. The number of hydrogen-bond donors (Lipinski definition) is 0. The van der Waals surface area contributed by atoms with E-state index in [2.05, 4.69) is 46.4 Å². The standard InChI is InChI=1S/C27H45NO/c1-17(2)7-8-19(4)22-11-12-23-21-10-9-20-15-18(3)13-14-26(20,5)24(21)16-25(28-29)27(22,23)6/h18-25H,1,7-16H2,2-6H3/t18-,19-,20-,21+,22?,23-,24-,25+,26+,27+/m0/s1. The Kier molecular flexibility index (Phi) is 5.79. The van der Waals surface area contributed by atoms with E-state index in [4.69, 9.17) is 0 Å². The van der Waals surface area contributed by atoms with Crippen LogP contribution >= 0.6 is 0 Å². The lowest BCUT2D eigenvalue weighted by molar-refractivity contribution is -0.128. The maximum atomic E-state index is 12.3. The Morgan fingerprint density at radius 2 is 1.86 bits per heavy atom. The van der Waals surface area contributed by atoms with Crippen molar-refractivity contribution in [2.24, 2.45) is 57.4 Å². The number of allylic oxidation sites excluding steroid dienone is 1. The fourth-order valence-electron chi connectivity index (χ4n) is 9.23. The maximum Gasteiger partial charge on any atom is 0.0981 e. The molecular weight excluding hydrogens is 354 g/mol. The molecule has 0 aromatic heterocycles. The molecule has 0 aromatic carbocycles. The van der Waals surface area contributed by atoms with Gasteiger partial charge in [0.15, 0.2) is 0 Å². The van der Waals surface area contributed by atoms with Crippen molar-refractivity contribution >= 4 is 0 Å². The summed E-state index contributed by atoms with van der Waals surface area (Å²) in [7, 11) is 0. The van der Waals surface area contributed by atoms with Gasteiger partial charge in [-0.3, -0.25) is 0 Å². The first-order valence-electron chi connectivity index (χ1n) is 12.7. The van der Waals surface area contributed by atoms with Crippen LogP contribution in [0.25, 0.3) is 0 Å². The summed E-state index contributed by atoms with van der Waals surface area (Å²) in [6.07, 6.45) is 13.1. The largest absolute Gasteiger partial charge is 0.150 e. The zero-order valence-corrected chi connectivity index (χ0v) is 19.8. The third kappa shape index (κ3) is 3.35. The lowest BCUT2D eigenvalue weighted by Gasteiger charge is -2.62. The molecule has 0 aromatic rings. The van der Waals surface area contributed by atoms with Crippen molar-refractivity contribution in [1.82, 2.24) is 0 Å². The molecule has 4 fully saturated rings. The molecule has 1 unspecified atom stereocenters.